The molecule has 0 aliphatic carbocycles. The van der Waals surface area contributed by atoms with Crippen molar-refractivity contribution < 1.29 is 0 Å². The first-order chi connectivity index (χ1) is 13.3. The lowest BCUT2D eigenvalue weighted by Gasteiger charge is -2.21. The number of aromatic nitrogens is 2. The van der Waals surface area contributed by atoms with Crippen LogP contribution in [-0.4, -0.2) is 9.97 Å². The minimum Gasteiger partial charge on any atom is -0.329 e. The van der Waals surface area contributed by atoms with Gasteiger partial charge in [-0.3, -0.25) is 9.59 Å². The number of benzene rings is 2. The van der Waals surface area contributed by atoms with Crippen LogP contribution in [0.1, 0.15) is 26.3 Å². The zero-order chi connectivity index (χ0) is 19.9. The molecule has 0 saturated heterocycles. The molecule has 0 radical (unpaired) electrons. The third kappa shape index (κ3) is 3.18. The van der Waals surface area contributed by atoms with Crippen molar-refractivity contribution in [3.8, 4) is 22.3 Å². The molecule has 2 aromatic heterocycles. The van der Waals surface area contributed by atoms with Crippen molar-refractivity contribution in [2.45, 2.75) is 26.2 Å². The Hall–Kier alpha value is -3.40. The van der Waals surface area contributed by atoms with E-state index in [0.29, 0.717) is 16.6 Å². The second kappa shape index (κ2) is 6.64. The van der Waals surface area contributed by atoms with E-state index in [4.69, 9.17) is 0 Å². The van der Waals surface area contributed by atoms with Crippen molar-refractivity contribution in [3.05, 3.63) is 93.1 Å². The Kier molecular flexibility index (Phi) is 4.27. The molecule has 2 heterocycles. The summed E-state index contributed by atoms with van der Waals surface area (Å²) in [6.07, 6.45) is 1.61. The predicted molar refractivity (Wildman–Crippen MR) is 115 cm³/mol. The number of aromatic amines is 2. The number of pyridine rings is 2. The van der Waals surface area contributed by atoms with Crippen LogP contribution < -0.4 is 11.1 Å². The lowest BCUT2D eigenvalue weighted by Crippen LogP contribution is -2.15. The topological polar surface area (TPSA) is 65.7 Å². The number of fused-ring (bicyclic) bond motifs is 1. The third-order valence-corrected chi connectivity index (χ3v) is 5.01. The van der Waals surface area contributed by atoms with Gasteiger partial charge in [-0.1, -0.05) is 51.1 Å². The van der Waals surface area contributed by atoms with Gasteiger partial charge in [0.2, 0.25) is 0 Å². The zero-order valence-corrected chi connectivity index (χ0v) is 16.2. The van der Waals surface area contributed by atoms with Crippen molar-refractivity contribution >= 4 is 10.9 Å². The Morgan fingerprint density at radius 1 is 0.750 bits per heavy atom. The van der Waals surface area contributed by atoms with Gasteiger partial charge in [-0.15, -0.1) is 0 Å². The fraction of sp³-hybridized carbons (Fsp3) is 0.167. The summed E-state index contributed by atoms with van der Waals surface area (Å²) in [7, 11) is 0. The van der Waals surface area contributed by atoms with E-state index in [1.54, 1.807) is 18.3 Å². The molecule has 0 spiro atoms. The smallest absolute Gasteiger partial charge is 0.256 e. The van der Waals surface area contributed by atoms with Crippen molar-refractivity contribution in [1.29, 1.82) is 0 Å². The van der Waals surface area contributed by atoms with E-state index in [1.807, 2.05) is 42.5 Å². The number of H-pyrrole nitrogens is 2. The van der Waals surface area contributed by atoms with Gasteiger partial charge in [0, 0.05) is 22.9 Å². The maximum Gasteiger partial charge on any atom is 0.256 e. The van der Waals surface area contributed by atoms with Gasteiger partial charge in [0.25, 0.3) is 11.1 Å². The fourth-order valence-electron chi connectivity index (χ4n) is 3.43. The molecule has 4 aromatic rings. The molecular weight excluding hydrogens is 348 g/mol. The molecule has 4 rings (SSSR count). The van der Waals surface area contributed by atoms with Crippen LogP contribution in [0.5, 0.6) is 0 Å². The van der Waals surface area contributed by atoms with Gasteiger partial charge in [0.15, 0.2) is 0 Å². The average molecular weight is 370 g/mol. The Balaban J connectivity index is 2.09. The summed E-state index contributed by atoms with van der Waals surface area (Å²) in [5.41, 5.74) is 4.09. The molecule has 140 valence electrons. The predicted octanol–water partition coefficient (Wildman–Crippen LogP) is 4.85. The summed E-state index contributed by atoms with van der Waals surface area (Å²) in [5.74, 6) is 0. The van der Waals surface area contributed by atoms with Crippen molar-refractivity contribution in [1.82, 2.24) is 9.97 Å². The van der Waals surface area contributed by atoms with Crippen LogP contribution >= 0.6 is 0 Å². The lowest BCUT2D eigenvalue weighted by molar-refractivity contribution is 0.591. The molecule has 4 nitrogen and oxygen atoms in total. The molecule has 0 fully saturated rings. The van der Waals surface area contributed by atoms with Gasteiger partial charge >= 0.3 is 0 Å². The van der Waals surface area contributed by atoms with E-state index in [0.717, 1.165) is 22.1 Å². The van der Waals surface area contributed by atoms with Crippen LogP contribution in [-0.2, 0) is 5.41 Å². The molecule has 0 amide bonds. The Morgan fingerprint density at radius 2 is 1.50 bits per heavy atom. The first-order valence-corrected chi connectivity index (χ1v) is 9.29. The molecule has 0 aliphatic rings. The van der Waals surface area contributed by atoms with Gasteiger partial charge in [0.1, 0.15) is 0 Å². The van der Waals surface area contributed by atoms with E-state index in [1.165, 1.54) is 0 Å². The van der Waals surface area contributed by atoms with Crippen LogP contribution in [0.4, 0.5) is 0 Å². The molecule has 0 atom stereocenters. The second-order valence-electron chi connectivity index (χ2n) is 8.03. The van der Waals surface area contributed by atoms with Gasteiger partial charge in [-0.2, -0.15) is 0 Å². The van der Waals surface area contributed by atoms with E-state index in [-0.39, 0.29) is 16.5 Å². The molecule has 4 heteroatoms. The quantitative estimate of drug-likeness (QED) is 0.530. The Labute approximate surface area is 162 Å². The fourth-order valence-corrected chi connectivity index (χ4v) is 3.43. The molecule has 2 N–H and O–H groups in total. The minimum absolute atomic E-state index is 0.104. The van der Waals surface area contributed by atoms with Crippen molar-refractivity contribution in [2.24, 2.45) is 0 Å². The van der Waals surface area contributed by atoms with Gasteiger partial charge < -0.3 is 9.97 Å². The molecule has 28 heavy (non-hydrogen) atoms. The van der Waals surface area contributed by atoms with Crippen LogP contribution in [0, 0.1) is 0 Å². The molecular formula is C24H22N2O2. The summed E-state index contributed by atoms with van der Waals surface area (Å²) in [5, 5.41) is 0.907. The standard InChI is InChI=1S/C24H22N2O2/c1-24(2,3)17-12-16-13-19(15-8-5-4-6-9-15)23(28)26-21(16)20(14-17)18-10-7-11-25-22(18)27/h4-14H,1-3H3,(H,25,27)(H,26,28). The first kappa shape index (κ1) is 18.0. The molecule has 0 unspecified atom stereocenters. The van der Waals surface area contributed by atoms with Crippen molar-refractivity contribution in [2.75, 3.05) is 0 Å². The third-order valence-electron chi connectivity index (χ3n) is 5.01. The average Bonchev–Trinajstić information content (AvgIpc) is 2.67. The van der Waals surface area contributed by atoms with E-state index in [2.05, 4.69) is 36.8 Å². The maximum atomic E-state index is 12.8. The number of nitrogens with one attached hydrogen (secondary N) is 2. The van der Waals surface area contributed by atoms with E-state index >= 15 is 0 Å². The maximum absolute atomic E-state index is 12.8. The summed E-state index contributed by atoms with van der Waals surface area (Å²) in [6.45, 7) is 6.41. The Bertz CT molecular complexity index is 1280. The SMILES string of the molecule is CC(C)(C)c1cc(-c2ccc[nH]c2=O)c2[nH]c(=O)c(-c3ccccc3)cc2c1. The molecule has 2 aromatic carbocycles. The summed E-state index contributed by atoms with van der Waals surface area (Å²) in [6, 6.07) is 19.2. The van der Waals surface area contributed by atoms with Crippen LogP contribution in [0.15, 0.2) is 76.4 Å². The highest BCUT2D eigenvalue weighted by Crippen LogP contribution is 2.33. The first-order valence-electron chi connectivity index (χ1n) is 9.29. The highest BCUT2D eigenvalue weighted by molar-refractivity contribution is 5.96. The lowest BCUT2D eigenvalue weighted by atomic mass is 9.84. The minimum atomic E-state index is -0.178. The summed E-state index contributed by atoms with van der Waals surface area (Å²) in [4.78, 5) is 31.0. The monoisotopic (exact) mass is 370 g/mol. The largest absolute Gasteiger partial charge is 0.329 e. The number of rotatable bonds is 2. The number of hydrogen-bond acceptors (Lipinski definition) is 2. The van der Waals surface area contributed by atoms with Crippen molar-refractivity contribution in [3.63, 3.8) is 0 Å². The van der Waals surface area contributed by atoms with Gasteiger partial charge in [-0.25, -0.2) is 0 Å². The van der Waals surface area contributed by atoms with Crippen LogP contribution in [0.25, 0.3) is 33.2 Å². The number of hydrogen-bond donors (Lipinski definition) is 2. The molecule has 0 saturated carbocycles. The van der Waals surface area contributed by atoms with E-state index < -0.39 is 0 Å². The zero-order valence-electron chi connectivity index (χ0n) is 16.2. The summed E-state index contributed by atoms with van der Waals surface area (Å²) < 4.78 is 0. The molecule has 0 bridgehead atoms. The van der Waals surface area contributed by atoms with E-state index in [9.17, 15) is 9.59 Å². The highest BCUT2D eigenvalue weighted by Gasteiger charge is 2.19. The highest BCUT2D eigenvalue weighted by atomic mass is 16.1. The van der Waals surface area contributed by atoms with Gasteiger partial charge in [0.05, 0.1) is 5.52 Å². The van der Waals surface area contributed by atoms with Gasteiger partial charge in [-0.05, 0) is 52.3 Å². The Morgan fingerprint density at radius 3 is 2.18 bits per heavy atom. The normalized spacial score (nSPS) is 11.7. The van der Waals surface area contributed by atoms with Crippen LogP contribution in [0.2, 0.25) is 0 Å². The second-order valence-corrected chi connectivity index (χ2v) is 8.03. The molecule has 0 aliphatic heterocycles. The summed E-state index contributed by atoms with van der Waals surface area (Å²) >= 11 is 0. The van der Waals surface area contributed by atoms with Crippen LogP contribution in [0.3, 0.4) is 0 Å².